The van der Waals surface area contributed by atoms with Crippen LogP contribution in [0.5, 0.6) is 0 Å². The van der Waals surface area contributed by atoms with Gasteiger partial charge in [-0.25, -0.2) is 9.59 Å². The van der Waals surface area contributed by atoms with Gasteiger partial charge in [-0.1, -0.05) is 18.7 Å². The lowest BCUT2D eigenvalue weighted by atomic mass is 10.1. The van der Waals surface area contributed by atoms with Crippen molar-refractivity contribution in [3.05, 3.63) is 48.0 Å². The lowest BCUT2D eigenvalue weighted by Gasteiger charge is -2.02. The first-order chi connectivity index (χ1) is 7.15. The highest BCUT2D eigenvalue weighted by molar-refractivity contribution is 6.92. The summed E-state index contributed by atoms with van der Waals surface area (Å²) in [5.41, 5.74) is 0.278. The zero-order chi connectivity index (χ0) is 11.3. The molecule has 1 rings (SSSR count). The van der Waals surface area contributed by atoms with E-state index in [1.165, 1.54) is 30.3 Å². The molecule has 5 heteroatoms. The van der Waals surface area contributed by atoms with Gasteiger partial charge in [0.15, 0.2) is 0 Å². The Morgan fingerprint density at radius 3 is 2.56 bits per heavy atom. The average Bonchev–Trinajstić information content (AvgIpc) is 2.26. The molecule has 0 aliphatic carbocycles. The SMILES string of the molecule is C=CCOC(=O)c1cccc(C(=O)O)c1.P. The third-order valence-electron chi connectivity index (χ3n) is 1.68. The number of carboxylic acids is 1. The molecule has 0 spiro atoms. The van der Waals surface area contributed by atoms with E-state index in [1.807, 2.05) is 0 Å². The van der Waals surface area contributed by atoms with Crippen LogP contribution in [0.15, 0.2) is 36.9 Å². The second kappa shape index (κ2) is 6.75. The summed E-state index contributed by atoms with van der Waals surface area (Å²) in [5, 5.41) is 8.70. The van der Waals surface area contributed by atoms with E-state index in [-0.39, 0.29) is 27.6 Å². The fraction of sp³-hybridized carbons (Fsp3) is 0.0909. The maximum Gasteiger partial charge on any atom is 0.338 e. The van der Waals surface area contributed by atoms with Crippen molar-refractivity contribution in [2.75, 3.05) is 6.61 Å². The number of carboxylic acid groups (broad SMARTS) is 1. The number of rotatable bonds is 4. The molecule has 0 heterocycles. The molecule has 0 aliphatic rings. The quantitative estimate of drug-likeness (QED) is 0.495. The van der Waals surface area contributed by atoms with Gasteiger partial charge in [-0.05, 0) is 18.2 Å². The summed E-state index contributed by atoms with van der Waals surface area (Å²) in [5.74, 6) is -1.63. The van der Waals surface area contributed by atoms with Crippen molar-refractivity contribution in [3.8, 4) is 0 Å². The number of carbonyl (C=O) groups is 2. The molecule has 4 nitrogen and oxygen atoms in total. The fourth-order valence-electron chi connectivity index (χ4n) is 0.997. The van der Waals surface area contributed by atoms with E-state index in [1.54, 1.807) is 0 Å². The van der Waals surface area contributed by atoms with Gasteiger partial charge in [0.25, 0.3) is 0 Å². The summed E-state index contributed by atoms with van der Waals surface area (Å²) >= 11 is 0. The maximum absolute atomic E-state index is 11.3. The molecule has 0 saturated heterocycles. The number of carbonyl (C=O) groups excluding carboxylic acids is 1. The first-order valence-electron chi connectivity index (χ1n) is 4.26. The topological polar surface area (TPSA) is 63.6 Å². The van der Waals surface area contributed by atoms with Crippen LogP contribution in [0, 0.1) is 0 Å². The highest BCUT2D eigenvalue weighted by Gasteiger charge is 2.09. The van der Waals surface area contributed by atoms with Crippen molar-refractivity contribution in [1.82, 2.24) is 0 Å². The summed E-state index contributed by atoms with van der Waals surface area (Å²) in [6.45, 7) is 3.51. The molecule has 1 atom stereocenters. The van der Waals surface area contributed by atoms with Crippen LogP contribution >= 0.6 is 9.90 Å². The van der Waals surface area contributed by atoms with E-state index >= 15 is 0 Å². The predicted molar refractivity (Wildman–Crippen MR) is 65.0 cm³/mol. The molecule has 1 N–H and O–H groups in total. The third-order valence-corrected chi connectivity index (χ3v) is 1.68. The standard InChI is InChI=1S/C11H10O4.H3P/c1-2-6-15-11(14)9-5-3-4-8(7-9)10(12)13;/h2-5,7H,1,6H2,(H,12,13);1H3. The third kappa shape index (κ3) is 3.83. The minimum absolute atomic E-state index is 0. The van der Waals surface area contributed by atoms with Crippen LogP contribution in [0.4, 0.5) is 0 Å². The minimum Gasteiger partial charge on any atom is -0.478 e. The van der Waals surface area contributed by atoms with Crippen molar-refractivity contribution < 1.29 is 19.4 Å². The summed E-state index contributed by atoms with van der Waals surface area (Å²) < 4.78 is 4.76. The number of hydrogen-bond acceptors (Lipinski definition) is 3. The van der Waals surface area contributed by atoms with Crippen LogP contribution in [-0.4, -0.2) is 23.7 Å². The Bertz CT molecular complexity index is 401. The van der Waals surface area contributed by atoms with Crippen LogP contribution in [0.1, 0.15) is 20.7 Å². The van der Waals surface area contributed by atoms with Gasteiger partial charge in [0.1, 0.15) is 6.61 Å². The zero-order valence-electron chi connectivity index (χ0n) is 8.68. The second-order valence-electron chi connectivity index (χ2n) is 2.77. The first-order valence-corrected chi connectivity index (χ1v) is 4.26. The molecule has 0 aromatic heterocycles. The van der Waals surface area contributed by atoms with Gasteiger partial charge in [0, 0.05) is 0 Å². The Labute approximate surface area is 96.5 Å². The second-order valence-corrected chi connectivity index (χ2v) is 2.77. The molecule has 0 saturated carbocycles. The minimum atomic E-state index is -1.08. The van der Waals surface area contributed by atoms with Crippen LogP contribution in [0.2, 0.25) is 0 Å². The monoisotopic (exact) mass is 240 g/mol. The summed E-state index contributed by atoms with van der Waals surface area (Å²) in [6, 6.07) is 5.67. The van der Waals surface area contributed by atoms with E-state index in [2.05, 4.69) is 6.58 Å². The highest BCUT2D eigenvalue weighted by Crippen LogP contribution is 2.06. The summed E-state index contributed by atoms with van der Waals surface area (Å²) in [6.07, 6.45) is 1.44. The fourth-order valence-corrected chi connectivity index (χ4v) is 0.997. The molecule has 0 fully saturated rings. The molecular formula is C11H13O4P. The van der Waals surface area contributed by atoms with E-state index in [0.29, 0.717) is 0 Å². The predicted octanol–water partition coefficient (Wildman–Crippen LogP) is 1.79. The van der Waals surface area contributed by atoms with Crippen LogP contribution in [0.25, 0.3) is 0 Å². The Kier molecular flexibility index (Phi) is 6.04. The molecule has 16 heavy (non-hydrogen) atoms. The lowest BCUT2D eigenvalue weighted by Crippen LogP contribution is -2.06. The van der Waals surface area contributed by atoms with Gasteiger partial charge in [-0.2, -0.15) is 9.90 Å². The van der Waals surface area contributed by atoms with Gasteiger partial charge in [0.2, 0.25) is 0 Å². The van der Waals surface area contributed by atoms with E-state index in [0.717, 1.165) is 0 Å². The molecular weight excluding hydrogens is 227 g/mol. The number of benzene rings is 1. The Balaban J connectivity index is 0.00000225. The molecule has 1 unspecified atom stereocenters. The van der Waals surface area contributed by atoms with Crippen molar-refractivity contribution in [2.24, 2.45) is 0 Å². The van der Waals surface area contributed by atoms with Crippen molar-refractivity contribution >= 4 is 21.8 Å². The van der Waals surface area contributed by atoms with Crippen molar-refractivity contribution in [1.29, 1.82) is 0 Å². The van der Waals surface area contributed by atoms with Gasteiger partial charge < -0.3 is 9.84 Å². The summed E-state index contributed by atoms with van der Waals surface area (Å²) in [4.78, 5) is 21.9. The van der Waals surface area contributed by atoms with Gasteiger partial charge in [-0.3, -0.25) is 0 Å². The number of hydrogen-bond donors (Lipinski definition) is 1. The van der Waals surface area contributed by atoms with Crippen LogP contribution in [0.3, 0.4) is 0 Å². The van der Waals surface area contributed by atoms with Crippen molar-refractivity contribution in [3.63, 3.8) is 0 Å². The first kappa shape index (κ1) is 14.3. The van der Waals surface area contributed by atoms with E-state index < -0.39 is 11.9 Å². The number of ether oxygens (including phenoxy) is 1. The van der Waals surface area contributed by atoms with Crippen LogP contribution in [-0.2, 0) is 4.74 Å². The van der Waals surface area contributed by atoms with Gasteiger partial charge in [-0.15, -0.1) is 0 Å². The van der Waals surface area contributed by atoms with Gasteiger partial charge in [0.05, 0.1) is 11.1 Å². The smallest absolute Gasteiger partial charge is 0.338 e. The normalized spacial score (nSPS) is 8.75. The molecule has 0 bridgehead atoms. The maximum atomic E-state index is 11.3. The molecule has 0 radical (unpaired) electrons. The highest BCUT2D eigenvalue weighted by atomic mass is 31.0. The molecule has 86 valence electrons. The average molecular weight is 240 g/mol. The Hall–Kier alpha value is -1.67. The molecule has 1 aromatic rings. The zero-order valence-corrected chi connectivity index (χ0v) is 10.1. The molecule has 0 aliphatic heterocycles. The van der Waals surface area contributed by atoms with Crippen LogP contribution < -0.4 is 0 Å². The molecule has 1 aromatic carbocycles. The molecule has 0 amide bonds. The number of esters is 1. The van der Waals surface area contributed by atoms with E-state index in [4.69, 9.17) is 9.84 Å². The lowest BCUT2D eigenvalue weighted by molar-refractivity contribution is 0.0549. The van der Waals surface area contributed by atoms with Gasteiger partial charge >= 0.3 is 11.9 Å². The Morgan fingerprint density at radius 1 is 1.38 bits per heavy atom. The summed E-state index contributed by atoms with van der Waals surface area (Å²) in [7, 11) is 0. The van der Waals surface area contributed by atoms with Crippen molar-refractivity contribution in [2.45, 2.75) is 0 Å². The van der Waals surface area contributed by atoms with E-state index in [9.17, 15) is 9.59 Å². The Morgan fingerprint density at radius 2 is 2.00 bits per heavy atom. The number of aromatic carboxylic acids is 1. The largest absolute Gasteiger partial charge is 0.478 e.